The molecule has 1 atom stereocenters. The molecule has 1 aliphatic heterocycles. The molecule has 1 N–H and O–H groups in total. The Bertz CT molecular complexity index is 592. The minimum absolute atomic E-state index is 0.00906. The number of ether oxygens (including phenoxy) is 1. The van der Waals surface area contributed by atoms with Crippen LogP contribution in [0.2, 0.25) is 0 Å². The van der Waals surface area contributed by atoms with Gasteiger partial charge in [-0.2, -0.15) is 0 Å². The Morgan fingerprint density at radius 3 is 2.92 bits per heavy atom. The molecular formula is C18H25FN2O3. The van der Waals surface area contributed by atoms with E-state index < -0.39 is 0 Å². The number of hydrogen-bond donors (Lipinski definition) is 1. The zero-order valence-corrected chi connectivity index (χ0v) is 14.3. The molecule has 0 aromatic heterocycles. The van der Waals surface area contributed by atoms with E-state index in [-0.39, 0.29) is 30.0 Å². The maximum absolute atomic E-state index is 13.5. The van der Waals surface area contributed by atoms with Gasteiger partial charge < -0.3 is 15.0 Å². The fourth-order valence-corrected chi connectivity index (χ4v) is 2.90. The molecule has 0 aliphatic carbocycles. The van der Waals surface area contributed by atoms with E-state index in [2.05, 4.69) is 5.32 Å². The van der Waals surface area contributed by atoms with Gasteiger partial charge in [-0.05, 0) is 37.5 Å². The maximum atomic E-state index is 13.5. The smallest absolute Gasteiger partial charge is 0.226 e. The number of amides is 2. The van der Waals surface area contributed by atoms with Crippen molar-refractivity contribution in [1.82, 2.24) is 4.90 Å². The second-order valence-electron chi connectivity index (χ2n) is 6.23. The Balaban J connectivity index is 1.95. The van der Waals surface area contributed by atoms with E-state index in [4.69, 9.17) is 4.74 Å². The molecule has 1 aromatic rings. The molecule has 1 unspecified atom stereocenters. The average molecular weight is 336 g/mol. The van der Waals surface area contributed by atoms with Crippen molar-refractivity contribution in [3.05, 3.63) is 29.6 Å². The number of nitrogens with one attached hydrogen (secondary N) is 1. The highest BCUT2D eigenvalue weighted by molar-refractivity contribution is 5.94. The summed E-state index contributed by atoms with van der Waals surface area (Å²) in [6.45, 7) is 3.42. The van der Waals surface area contributed by atoms with E-state index in [1.165, 1.54) is 6.07 Å². The molecule has 1 aliphatic rings. The molecule has 2 rings (SSSR count). The molecule has 0 spiro atoms. The molecule has 6 heteroatoms. The van der Waals surface area contributed by atoms with E-state index in [0.29, 0.717) is 37.4 Å². The van der Waals surface area contributed by atoms with Crippen molar-refractivity contribution in [3.8, 4) is 0 Å². The minimum Gasteiger partial charge on any atom is -0.383 e. The highest BCUT2D eigenvalue weighted by Crippen LogP contribution is 2.22. The van der Waals surface area contributed by atoms with Crippen molar-refractivity contribution >= 4 is 17.5 Å². The van der Waals surface area contributed by atoms with Crippen LogP contribution in [0.1, 0.15) is 31.2 Å². The van der Waals surface area contributed by atoms with Crippen molar-refractivity contribution < 1.29 is 18.7 Å². The number of carbonyl (C=O) groups excluding carboxylic acids is 2. The Labute approximate surface area is 142 Å². The summed E-state index contributed by atoms with van der Waals surface area (Å²) < 4.78 is 18.6. The average Bonchev–Trinajstić information content (AvgIpc) is 2.71. The predicted octanol–water partition coefficient (Wildman–Crippen LogP) is 2.74. The normalized spacial score (nSPS) is 18.4. The van der Waals surface area contributed by atoms with Crippen LogP contribution in [0.15, 0.2) is 18.2 Å². The van der Waals surface area contributed by atoms with Gasteiger partial charge in [0.25, 0.3) is 0 Å². The third-order valence-electron chi connectivity index (χ3n) is 4.34. The number of halogens is 1. The third-order valence-corrected chi connectivity index (χ3v) is 4.34. The third kappa shape index (κ3) is 5.03. The monoisotopic (exact) mass is 336 g/mol. The van der Waals surface area contributed by atoms with Gasteiger partial charge in [-0.15, -0.1) is 0 Å². The summed E-state index contributed by atoms with van der Waals surface area (Å²) in [5.74, 6) is -0.927. The first-order chi connectivity index (χ1) is 11.5. The molecule has 0 saturated carbocycles. The largest absolute Gasteiger partial charge is 0.383 e. The highest BCUT2D eigenvalue weighted by Gasteiger charge is 2.28. The van der Waals surface area contributed by atoms with E-state index >= 15 is 0 Å². The molecular weight excluding hydrogens is 311 g/mol. The van der Waals surface area contributed by atoms with Gasteiger partial charge in [-0.3, -0.25) is 9.59 Å². The van der Waals surface area contributed by atoms with Gasteiger partial charge in [0.2, 0.25) is 11.8 Å². The fourth-order valence-electron chi connectivity index (χ4n) is 2.90. The van der Waals surface area contributed by atoms with Gasteiger partial charge in [0.1, 0.15) is 5.82 Å². The predicted molar refractivity (Wildman–Crippen MR) is 90.2 cm³/mol. The molecule has 0 radical (unpaired) electrons. The van der Waals surface area contributed by atoms with Crippen LogP contribution in [0, 0.1) is 18.7 Å². The first-order valence-electron chi connectivity index (χ1n) is 8.35. The van der Waals surface area contributed by atoms with Crippen molar-refractivity contribution in [3.63, 3.8) is 0 Å². The number of benzene rings is 1. The van der Waals surface area contributed by atoms with Crippen LogP contribution in [0.5, 0.6) is 0 Å². The quantitative estimate of drug-likeness (QED) is 0.869. The van der Waals surface area contributed by atoms with Gasteiger partial charge in [-0.25, -0.2) is 4.39 Å². The summed E-state index contributed by atoms with van der Waals surface area (Å²) in [4.78, 5) is 26.6. The van der Waals surface area contributed by atoms with Crippen LogP contribution < -0.4 is 5.32 Å². The second-order valence-corrected chi connectivity index (χ2v) is 6.23. The number of carbonyl (C=O) groups is 2. The Morgan fingerprint density at radius 2 is 2.21 bits per heavy atom. The van der Waals surface area contributed by atoms with Crippen LogP contribution in [0.25, 0.3) is 0 Å². The zero-order valence-electron chi connectivity index (χ0n) is 14.3. The van der Waals surface area contributed by atoms with E-state index in [1.54, 1.807) is 31.1 Å². The van der Waals surface area contributed by atoms with Gasteiger partial charge in [0.15, 0.2) is 0 Å². The number of nitrogens with zero attached hydrogens (tertiary/aromatic N) is 1. The number of rotatable bonds is 6. The lowest BCUT2D eigenvalue weighted by atomic mass is 9.98. The SMILES string of the molecule is COCCN1CCCCC(CC(=O)Nc2ccc(C)c(F)c2)C1=O. The Morgan fingerprint density at radius 1 is 1.42 bits per heavy atom. The number of aryl methyl sites for hydroxylation is 1. The molecule has 0 bridgehead atoms. The van der Waals surface area contributed by atoms with Crippen LogP contribution in [0.4, 0.5) is 10.1 Å². The summed E-state index contributed by atoms with van der Waals surface area (Å²) in [5.41, 5.74) is 0.945. The number of anilines is 1. The van der Waals surface area contributed by atoms with Crippen molar-refractivity contribution in [2.75, 3.05) is 32.1 Å². The lowest BCUT2D eigenvalue weighted by molar-refractivity contribution is -0.137. The van der Waals surface area contributed by atoms with E-state index in [0.717, 1.165) is 12.8 Å². The minimum atomic E-state index is -0.357. The molecule has 24 heavy (non-hydrogen) atoms. The lowest BCUT2D eigenvalue weighted by Crippen LogP contribution is -2.38. The lowest BCUT2D eigenvalue weighted by Gasteiger charge is -2.23. The number of methoxy groups -OCH3 is 1. The van der Waals surface area contributed by atoms with Crippen LogP contribution >= 0.6 is 0 Å². The standard InChI is InChI=1S/C18H25FN2O3/c1-13-6-7-15(12-16(13)19)20-17(22)11-14-5-3-4-8-21(18(14)23)9-10-24-2/h6-7,12,14H,3-5,8-11H2,1-2H3,(H,20,22). The summed E-state index contributed by atoms with van der Waals surface area (Å²) in [7, 11) is 1.61. The van der Waals surface area contributed by atoms with E-state index in [9.17, 15) is 14.0 Å². The molecule has 1 fully saturated rings. The second kappa shape index (κ2) is 8.78. The summed E-state index contributed by atoms with van der Waals surface area (Å²) in [6.07, 6.45) is 2.69. The number of likely N-dealkylation sites (tertiary alicyclic amines) is 1. The van der Waals surface area contributed by atoms with Crippen molar-refractivity contribution in [2.45, 2.75) is 32.6 Å². The van der Waals surface area contributed by atoms with Crippen LogP contribution in [-0.4, -0.2) is 43.5 Å². The molecule has 1 saturated heterocycles. The molecule has 1 aromatic carbocycles. The molecule has 5 nitrogen and oxygen atoms in total. The van der Waals surface area contributed by atoms with Gasteiger partial charge in [0.05, 0.1) is 6.61 Å². The molecule has 1 heterocycles. The Kier molecular flexibility index (Phi) is 6.73. The Hall–Kier alpha value is -1.95. The van der Waals surface area contributed by atoms with Gasteiger partial charge in [0, 0.05) is 38.2 Å². The summed E-state index contributed by atoms with van der Waals surface area (Å²) >= 11 is 0. The first-order valence-corrected chi connectivity index (χ1v) is 8.35. The first kappa shape index (κ1) is 18.4. The fraction of sp³-hybridized carbons (Fsp3) is 0.556. The highest BCUT2D eigenvalue weighted by atomic mass is 19.1. The summed E-state index contributed by atoms with van der Waals surface area (Å²) in [5, 5.41) is 2.68. The topological polar surface area (TPSA) is 58.6 Å². The van der Waals surface area contributed by atoms with Gasteiger partial charge in [-0.1, -0.05) is 12.5 Å². The number of hydrogen-bond acceptors (Lipinski definition) is 3. The van der Waals surface area contributed by atoms with Gasteiger partial charge >= 0.3 is 0 Å². The van der Waals surface area contributed by atoms with Crippen LogP contribution in [0.3, 0.4) is 0 Å². The molecule has 132 valence electrons. The van der Waals surface area contributed by atoms with Crippen LogP contribution in [-0.2, 0) is 14.3 Å². The maximum Gasteiger partial charge on any atom is 0.226 e. The molecule has 2 amide bonds. The van der Waals surface area contributed by atoms with Crippen molar-refractivity contribution in [1.29, 1.82) is 0 Å². The summed E-state index contributed by atoms with van der Waals surface area (Å²) in [6, 6.07) is 4.58. The zero-order chi connectivity index (χ0) is 17.5. The van der Waals surface area contributed by atoms with E-state index in [1.807, 2.05) is 0 Å². The van der Waals surface area contributed by atoms with Crippen molar-refractivity contribution in [2.24, 2.45) is 5.92 Å².